The van der Waals surface area contributed by atoms with E-state index in [1.165, 1.54) is 42.4 Å². The van der Waals surface area contributed by atoms with Crippen molar-refractivity contribution in [1.29, 1.82) is 0 Å². The van der Waals surface area contributed by atoms with Crippen molar-refractivity contribution < 1.29 is 42.1 Å². The van der Waals surface area contributed by atoms with Gasteiger partial charge in [-0.2, -0.15) is 0 Å². The molecule has 0 N–H and O–H groups in total. The molecule has 0 saturated heterocycles. The van der Waals surface area contributed by atoms with Crippen molar-refractivity contribution in [2.75, 3.05) is 0 Å². The summed E-state index contributed by atoms with van der Waals surface area (Å²) >= 11 is 0. The van der Waals surface area contributed by atoms with Crippen molar-refractivity contribution in [3.63, 3.8) is 0 Å². The van der Waals surface area contributed by atoms with Crippen LogP contribution in [0.25, 0.3) is 0 Å². The fraction of sp³-hybridized carbons (Fsp3) is 0. The number of thiol groups is 2. The fourth-order valence-corrected chi connectivity index (χ4v) is 17.0. The molecule has 0 fully saturated rings. The van der Waals surface area contributed by atoms with Crippen LogP contribution in [0.4, 0.5) is 0 Å². The van der Waals surface area contributed by atoms with Gasteiger partial charge in [0.25, 0.3) is 0 Å². The van der Waals surface area contributed by atoms with Crippen LogP contribution in [-0.2, 0) is 69.1 Å². The number of hydrogen-bond donors (Lipinski definition) is 0. The van der Waals surface area contributed by atoms with Gasteiger partial charge in [-0.05, 0) is 91.0 Å². The number of pyridine rings is 4. The molecule has 12 aromatic rings. The maximum Gasteiger partial charge on any atom is 2.00 e. The number of nitrogens with zero attached hydrogens (tertiary/aromatic N) is 4. The zero-order valence-electron chi connectivity index (χ0n) is 43.4. The minimum Gasteiger partial charge on any atom is -0.813 e. The quantitative estimate of drug-likeness (QED) is 0.0690. The topological polar surface area (TPSA) is 51.6 Å². The summed E-state index contributed by atoms with van der Waals surface area (Å²) in [6.07, 6.45) is 7.49. The number of rotatable bonds is 12. The maximum absolute atomic E-state index is 4.56. The first-order valence-electron chi connectivity index (χ1n) is 25.1. The third-order valence-corrected chi connectivity index (χ3v) is 21.0. The Balaban J connectivity index is 0.000000193. The fourth-order valence-electron chi connectivity index (χ4n) is 8.22. The zero-order chi connectivity index (χ0) is 51.7. The van der Waals surface area contributed by atoms with E-state index >= 15 is 0 Å². The Bertz CT molecular complexity index is 2620. The predicted octanol–water partition coefficient (Wildman–Crippen LogP) is 10.8. The van der Waals surface area contributed by atoms with Gasteiger partial charge in [0, 0.05) is 77.5 Å². The number of hydrogen-bond acceptors (Lipinski definition) is 6. The molecular formula is C68H58N4P4Pt2S2. The molecule has 0 amide bonds. The van der Waals surface area contributed by atoms with E-state index in [-0.39, 0.29) is 69.1 Å². The monoisotopic (exact) mass is 1510 g/mol. The average molecular weight is 1510 g/mol. The van der Waals surface area contributed by atoms with E-state index in [2.05, 4.69) is 311 Å². The summed E-state index contributed by atoms with van der Waals surface area (Å²) in [5, 5.41) is 10.7. The van der Waals surface area contributed by atoms with Crippen molar-refractivity contribution in [1.82, 2.24) is 19.9 Å². The van der Waals surface area contributed by atoms with Gasteiger partial charge in [0.2, 0.25) is 0 Å². The predicted molar refractivity (Wildman–Crippen MR) is 349 cm³/mol. The third-order valence-electron chi connectivity index (χ3n) is 11.6. The molecule has 80 heavy (non-hydrogen) atoms. The number of aromatic nitrogens is 4. The summed E-state index contributed by atoms with van der Waals surface area (Å²) in [6, 6.07) is 110. The second-order valence-electron chi connectivity index (χ2n) is 16.8. The normalized spacial score (nSPS) is 10.1. The van der Waals surface area contributed by atoms with Gasteiger partial charge in [0.15, 0.2) is 0 Å². The van der Waals surface area contributed by atoms with Gasteiger partial charge in [0.1, 0.15) is 0 Å². The molecule has 8 aromatic carbocycles. The Morgan fingerprint density at radius 2 is 0.300 bits per heavy atom. The molecule has 0 atom stereocenters. The van der Waals surface area contributed by atoms with Gasteiger partial charge >= 0.3 is 21.1 Å². The third kappa shape index (κ3) is 19.1. The van der Waals surface area contributed by atoms with E-state index in [9.17, 15) is 0 Å². The van der Waals surface area contributed by atoms with Gasteiger partial charge in [0.05, 0.1) is 21.7 Å². The molecule has 0 bridgehead atoms. The summed E-state index contributed by atoms with van der Waals surface area (Å²) < 4.78 is 0. The molecule has 4 nitrogen and oxygen atoms in total. The van der Waals surface area contributed by atoms with E-state index in [0.29, 0.717) is 0 Å². The SMILES string of the molecule is [Pt+2].[Pt].[SH-].[SH-].c1ccc(P(c2ccccc2)c2ccccn2)cc1.c1ccc(P(c2ccccc2)c2ccccn2)cc1.c1ccc(P(c2ccccc2)c2ccccn2)cc1.c1ccc(P(c2ccccc2)c2ccccn2)cc1. The first-order chi connectivity index (χ1) is 37.8. The van der Waals surface area contributed by atoms with Gasteiger partial charge in [-0.25, -0.2) is 0 Å². The standard InChI is InChI=1S/4C17H14NP.2Pt.2H2S/c4*1-3-9-15(10-4-1)19(16-11-5-2-6-12-16)17-13-7-8-14-18-17;;;;/h4*1-14H;;;2*1H2/q;;;;;+2;;/p-2. The van der Waals surface area contributed by atoms with Gasteiger partial charge in [-0.15, -0.1) is 0 Å². The first kappa shape index (κ1) is 65.0. The first-order valence-corrected chi connectivity index (χ1v) is 30.4. The Kier molecular flexibility index (Phi) is 29.6. The van der Waals surface area contributed by atoms with Crippen molar-refractivity contribution >= 4 is 123 Å². The van der Waals surface area contributed by atoms with Gasteiger partial charge < -0.3 is 27.0 Å². The van der Waals surface area contributed by atoms with Crippen LogP contribution < -0.4 is 64.2 Å². The summed E-state index contributed by atoms with van der Waals surface area (Å²) in [7, 11) is -2.23. The summed E-state index contributed by atoms with van der Waals surface area (Å²) in [6.45, 7) is 0. The van der Waals surface area contributed by atoms with Crippen LogP contribution in [0.1, 0.15) is 0 Å². The van der Waals surface area contributed by atoms with E-state index in [1.807, 2.05) is 49.1 Å². The molecule has 4 heterocycles. The average Bonchev–Trinajstić information content (AvgIpc) is 3.52. The molecule has 0 aliphatic carbocycles. The second-order valence-corrected chi connectivity index (χ2v) is 25.4. The Morgan fingerprint density at radius 1 is 0.175 bits per heavy atom. The number of benzene rings is 8. The van der Waals surface area contributed by atoms with Crippen molar-refractivity contribution in [3.8, 4) is 0 Å². The smallest absolute Gasteiger partial charge is 0.813 e. The molecule has 402 valence electrons. The van der Waals surface area contributed by atoms with Crippen LogP contribution in [-0.4, -0.2) is 19.9 Å². The van der Waals surface area contributed by atoms with Crippen molar-refractivity contribution in [2.45, 2.75) is 0 Å². The maximum atomic E-state index is 4.56. The largest absolute Gasteiger partial charge is 2.00 e. The molecular weight excluding hydrogens is 1450 g/mol. The molecule has 0 unspecified atom stereocenters. The summed E-state index contributed by atoms with van der Waals surface area (Å²) in [5.74, 6) is 0. The molecule has 0 aliphatic rings. The molecule has 4 aromatic heterocycles. The molecule has 0 radical (unpaired) electrons. The minimum atomic E-state index is -0.557. The molecule has 0 saturated carbocycles. The molecule has 12 heteroatoms. The Labute approximate surface area is 520 Å². The second kappa shape index (κ2) is 36.5. The van der Waals surface area contributed by atoms with E-state index in [4.69, 9.17) is 0 Å². The zero-order valence-corrected chi connectivity index (χ0v) is 53.3. The van der Waals surface area contributed by atoms with E-state index in [0.717, 1.165) is 21.7 Å². The molecule has 0 aliphatic heterocycles. The summed E-state index contributed by atoms with van der Waals surface area (Å²) in [4.78, 5) is 18.2. The van der Waals surface area contributed by atoms with Crippen LogP contribution in [0.2, 0.25) is 0 Å². The van der Waals surface area contributed by atoms with Crippen molar-refractivity contribution in [2.24, 2.45) is 0 Å². The molecule has 0 spiro atoms. The van der Waals surface area contributed by atoms with Crippen LogP contribution >= 0.6 is 31.7 Å². The van der Waals surface area contributed by atoms with Crippen LogP contribution in [0, 0.1) is 0 Å². The summed E-state index contributed by atoms with van der Waals surface area (Å²) in [5.41, 5.74) is 4.59. The van der Waals surface area contributed by atoms with Gasteiger partial charge in [-0.3, -0.25) is 19.9 Å². The van der Waals surface area contributed by atoms with Crippen LogP contribution in [0.15, 0.2) is 340 Å². The Morgan fingerprint density at radius 3 is 0.412 bits per heavy atom. The molecule has 12 rings (SSSR count). The van der Waals surface area contributed by atoms with E-state index < -0.39 is 31.7 Å². The van der Waals surface area contributed by atoms with Crippen molar-refractivity contribution in [3.05, 3.63) is 340 Å². The van der Waals surface area contributed by atoms with Crippen LogP contribution in [0.5, 0.6) is 0 Å². The Hall–Kier alpha value is -5.84. The van der Waals surface area contributed by atoms with E-state index in [1.54, 1.807) is 0 Å². The van der Waals surface area contributed by atoms with Gasteiger partial charge in [-0.1, -0.05) is 267 Å². The van der Waals surface area contributed by atoms with Crippen LogP contribution in [0.3, 0.4) is 0 Å². The minimum absolute atomic E-state index is 0.